The molecule has 1 fully saturated rings. The molecule has 58 valence electrons. The van der Waals surface area contributed by atoms with E-state index < -0.39 is 0 Å². The van der Waals surface area contributed by atoms with Gasteiger partial charge < -0.3 is 0 Å². The lowest BCUT2D eigenvalue weighted by atomic mass is 10.1. The lowest BCUT2D eigenvalue weighted by Gasteiger charge is -1.95. The van der Waals surface area contributed by atoms with E-state index in [1.54, 1.807) is 0 Å². The predicted octanol–water partition coefficient (Wildman–Crippen LogP) is 3.19. The van der Waals surface area contributed by atoms with Crippen molar-refractivity contribution in [3.8, 4) is 0 Å². The van der Waals surface area contributed by atoms with E-state index in [1.165, 1.54) is 12.0 Å². The molecule has 0 radical (unpaired) electrons. The van der Waals surface area contributed by atoms with Crippen LogP contribution in [0.25, 0.3) is 0 Å². The molecule has 0 heterocycles. The maximum atomic E-state index is 3.51. The van der Waals surface area contributed by atoms with Crippen LogP contribution in [0.2, 0.25) is 0 Å². The monoisotopic (exact) mass is 210 g/mol. The minimum absolute atomic E-state index is 0.843. The molecule has 0 unspecified atom stereocenters. The standard InChI is InChI=1S/C10H11Br/c11-7-9-6-10(9)8-4-2-1-3-5-8/h1-5,9-10H,6-7H2/t9-,10-/m1/s1. The second-order valence-corrected chi connectivity index (χ2v) is 3.81. The first kappa shape index (κ1) is 7.35. The first-order valence-corrected chi connectivity index (χ1v) is 5.15. The van der Waals surface area contributed by atoms with Crippen LogP contribution in [0.4, 0.5) is 0 Å². The van der Waals surface area contributed by atoms with Crippen molar-refractivity contribution in [2.75, 3.05) is 5.33 Å². The molecule has 1 saturated carbocycles. The summed E-state index contributed by atoms with van der Waals surface area (Å²) < 4.78 is 0. The van der Waals surface area contributed by atoms with Gasteiger partial charge in [0.15, 0.2) is 0 Å². The molecule has 0 aliphatic heterocycles. The molecule has 0 bridgehead atoms. The highest BCUT2D eigenvalue weighted by molar-refractivity contribution is 9.09. The Labute approximate surface area is 75.8 Å². The van der Waals surface area contributed by atoms with Gasteiger partial charge in [-0.1, -0.05) is 46.3 Å². The van der Waals surface area contributed by atoms with Crippen LogP contribution in [0.15, 0.2) is 30.3 Å². The summed E-state index contributed by atoms with van der Waals surface area (Å²) in [5.74, 6) is 1.74. The van der Waals surface area contributed by atoms with Crippen molar-refractivity contribution in [2.24, 2.45) is 5.92 Å². The summed E-state index contributed by atoms with van der Waals surface area (Å²) in [6.45, 7) is 0. The Bertz CT molecular complexity index is 230. The van der Waals surface area contributed by atoms with Crippen molar-refractivity contribution in [3.05, 3.63) is 35.9 Å². The highest BCUT2D eigenvalue weighted by Crippen LogP contribution is 2.47. The Morgan fingerprint density at radius 1 is 1.27 bits per heavy atom. The fourth-order valence-electron chi connectivity index (χ4n) is 1.53. The second kappa shape index (κ2) is 2.98. The molecule has 0 nitrogen and oxygen atoms in total. The van der Waals surface area contributed by atoms with Crippen LogP contribution >= 0.6 is 15.9 Å². The molecule has 0 spiro atoms. The van der Waals surface area contributed by atoms with E-state index in [0.29, 0.717) is 0 Å². The molecule has 1 aliphatic carbocycles. The van der Waals surface area contributed by atoms with Crippen molar-refractivity contribution in [2.45, 2.75) is 12.3 Å². The molecular weight excluding hydrogens is 200 g/mol. The number of rotatable bonds is 2. The van der Waals surface area contributed by atoms with Gasteiger partial charge >= 0.3 is 0 Å². The zero-order valence-corrected chi connectivity index (χ0v) is 7.92. The van der Waals surface area contributed by atoms with Gasteiger partial charge in [0, 0.05) is 5.33 Å². The topological polar surface area (TPSA) is 0 Å². The molecule has 11 heavy (non-hydrogen) atoms. The Hall–Kier alpha value is -0.300. The highest BCUT2D eigenvalue weighted by atomic mass is 79.9. The maximum Gasteiger partial charge on any atom is 0.00657 e. The fraction of sp³-hybridized carbons (Fsp3) is 0.400. The minimum atomic E-state index is 0.843. The number of alkyl halides is 1. The van der Waals surface area contributed by atoms with E-state index in [4.69, 9.17) is 0 Å². The molecule has 0 aromatic heterocycles. The normalized spacial score (nSPS) is 28.5. The van der Waals surface area contributed by atoms with Crippen molar-refractivity contribution < 1.29 is 0 Å². The first-order valence-electron chi connectivity index (χ1n) is 4.02. The van der Waals surface area contributed by atoms with Gasteiger partial charge in [-0.15, -0.1) is 0 Å². The number of benzene rings is 1. The number of hydrogen-bond donors (Lipinski definition) is 0. The minimum Gasteiger partial charge on any atom is -0.0925 e. The van der Waals surface area contributed by atoms with Gasteiger partial charge in [0.05, 0.1) is 0 Å². The molecule has 1 heteroatoms. The average Bonchev–Trinajstić information content (AvgIpc) is 2.85. The van der Waals surface area contributed by atoms with Gasteiger partial charge in [-0.3, -0.25) is 0 Å². The lowest BCUT2D eigenvalue weighted by molar-refractivity contribution is 0.937. The van der Waals surface area contributed by atoms with Crippen LogP contribution in [0.3, 0.4) is 0 Å². The third kappa shape index (κ3) is 1.48. The van der Waals surface area contributed by atoms with Gasteiger partial charge in [0.25, 0.3) is 0 Å². The van der Waals surface area contributed by atoms with Crippen molar-refractivity contribution in [1.82, 2.24) is 0 Å². The van der Waals surface area contributed by atoms with Crippen LogP contribution in [-0.2, 0) is 0 Å². The molecule has 1 aromatic carbocycles. The van der Waals surface area contributed by atoms with Crippen LogP contribution in [0.5, 0.6) is 0 Å². The highest BCUT2D eigenvalue weighted by Gasteiger charge is 2.36. The predicted molar refractivity (Wildman–Crippen MR) is 51.1 cm³/mol. The van der Waals surface area contributed by atoms with Crippen molar-refractivity contribution >= 4 is 15.9 Å². The molecule has 1 aromatic rings. The zero-order chi connectivity index (χ0) is 7.68. The van der Waals surface area contributed by atoms with E-state index in [0.717, 1.165) is 17.2 Å². The molecule has 2 atom stereocenters. The van der Waals surface area contributed by atoms with Crippen LogP contribution in [0.1, 0.15) is 17.9 Å². The van der Waals surface area contributed by atoms with Crippen LogP contribution in [-0.4, -0.2) is 5.33 Å². The Balaban J connectivity index is 2.09. The SMILES string of the molecule is BrC[C@H]1C[C@@H]1c1ccccc1. The summed E-state index contributed by atoms with van der Waals surface area (Å²) in [7, 11) is 0. The van der Waals surface area contributed by atoms with Gasteiger partial charge in [0.2, 0.25) is 0 Å². The van der Waals surface area contributed by atoms with Gasteiger partial charge in [0.1, 0.15) is 0 Å². The summed E-state index contributed by atoms with van der Waals surface area (Å²) in [6, 6.07) is 10.8. The second-order valence-electron chi connectivity index (χ2n) is 3.17. The van der Waals surface area contributed by atoms with E-state index in [9.17, 15) is 0 Å². The van der Waals surface area contributed by atoms with Gasteiger partial charge in [-0.05, 0) is 23.8 Å². The molecule has 1 aliphatic rings. The molecule has 0 saturated heterocycles. The lowest BCUT2D eigenvalue weighted by Crippen LogP contribution is -1.82. The fourth-order valence-corrected chi connectivity index (χ4v) is 2.24. The number of hydrogen-bond acceptors (Lipinski definition) is 0. The molecule has 0 amide bonds. The van der Waals surface area contributed by atoms with Crippen molar-refractivity contribution in [1.29, 1.82) is 0 Å². The Kier molecular flexibility index (Phi) is 1.99. The quantitative estimate of drug-likeness (QED) is 0.659. The average molecular weight is 211 g/mol. The van der Waals surface area contributed by atoms with Crippen LogP contribution < -0.4 is 0 Å². The Morgan fingerprint density at radius 2 is 2.00 bits per heavy atom. The van der Waals surface area contributed by atoms with E-state index >= 15 is 0 Å². The molecule has 0 N–H and O–H groups in total. The van der Waals surface area contributed by atoms with E-state index in [1.807, 2.05) is 0 Å². The summed E-state index contributed by atoms with van der Waals surface area (Å²) in [6.07, 6.45) is 1.37. The summed E-state index contributed by atoms with van der Waals surface area (Å²) in [4.78, 5) is 0. The zero-order valence-electron chi connectivity index (χ0n) is 6.33. The third-order valence-corrected chi connectivity index (χ3v) is 3.18. The smallest absolute Gasteiger partial charge is 0.00657 e. The van der Waals surface area contributed by atoms with Crippen molar-refractivity contribution in [3.63, 3.8) is 0 Å². The van der Waals surface area contributed by atoms with Gasteiger partial charge in [-0.25, -0.2) is 0 Å². The largest absolute Gasteiger partial charge is 0.0925 e. The van der Waals surface area contributed by atoms with Gasteiger partial charge in [-0.2, -0.15) is 0 Å². The third-order valence-electron chi connectivity index (χ3n) is 2.35. The summed E-state index contributed by atoms with van der Waals surface area (Å²) in [5.41, 5.74) is 1.51. The van der Waals surface area contributed by atoms with E-state index in [-0.39, 0.29) is 0 Å². The maximum absolute atomic E-state index is 3.51. The van der Waals surface area contributed by atoms with E-state index in [2.05, 4.69) is 46.3 Å². The first-order chi connectivity index (χ1) is 5.42. The number of halogens is 1. The summed E-state index contributed by atoms with van der Waals surface area (Å²) >= 11 is 3.51. The molecule has 2 rings (SSSR count). The van der Waals surface area contributed by atoms with Crippen LogP contribution in [0, 0.1) is 5.92 Å². The summed E-state index contributed by atoms with van der Waals surface area (Å²) in [5, 5.41) is 1.16. The Morgan fingerprint density at radius 3 is 2.55 bits per heavy atom. The molecular formula is C10H11Br.